The van der Waals surface area contributed by atoms with Crippen LogP contribution in [0.3, 0.4) is 0 Å². The zero-order valence-corrected chi connectivity index (χ0v) is 12.9. The zero-order chi connectivity index (χ0) is 14.7. The molecule has 1 heterocycles. The van der Waals surface area contributed by atoms with Crippen LogP contribution in [0.25, 0.3) is 10.8 Å². The molecule has 3 aromatic rings. The summed E-state index contributed by atoms with van der Waals surface area (Å²) in [7, 11) is 0. The molecule has 0 radical (unpaired) electrons. The van der Waals surface area contributed by atoms with Gasteiger partial charge in [-0.15, -0.1) is 0 Å². The lowest BCUT2D eigenvalue weighted by atomic mass is 10.1. The first-order valence-electron chi connectivity index (χ1n) is 6.70. The summed E-state index contributed by atoms with van der Waals surface area (Å²) in [5, 5.41) is 5.56. The van der Waals surface area contributed by atoms with E-state index >= 15 is 0 Å². The van der Waals surface area contributed by atoms with Crippen molar-refractivity contribution in [2.75, 3.05) is 0 Å². The maximum absolute atomic E-state index is 13.6. The van der Waals surface area contributed by atoms with Gasteiger partial charge in [-0.25, -0.2) is 4.39 Å². The van der Waals surface area contributed by atoms with Crippen LogP contribution < -0.4 is 5.32 Å². The molecule has 0 saturated carbocycles. The summed E-state index contributed by atoms with van der Waals surface area (Å²) in [5.74, 6) is -0.185. The Morgan fingerprint density at radius 3 is 2.81 bits per heavy atom. The van der Waals surface area contributed by atoms with Gasteiger partial charge in [-0.2, -0.15) is 0 Å². The van der Waals surface area contributed by atoms with Gasteiger partial charge in [-0.3, -0.25) is 4.98 Å². The summed E-state index contributed by atoms with van der Waals surface area (Å²) in [6.07, 6.45) is 3.64. The van der Waals surface area contributed by atoms with E-state index in [2.05, 4.69) is 44.4 Å². The number of aromatic nitrogens is 1. The van der Waals surface area contributed by atoms with E-state index in [1.54, 1.807) is 18.3 Å². The number of halogens is 2. The number of benzene rings is 2. The molecule has 0 saturated heterocycles. The number of fused-ring (bicyclic) bond motifs is 1. The van der Waals surface area contributed by atoms with E-state index in [0.717, 1.165) is 15.2 Å². The van der Waals surface area contributed by atoms with Crippen molar-refractivity contribution in [1.82, 2.24) is 10.3 Å². The van der Waals surface area contributed by atoms with E-state index in [0.29, 0.717) is 18.7 Å². The van der Waals surface area contributed by atoms with Crippen molar-refractivity contribution in [2.24, 2.45) is 0 Å². The predicted octanol–water partition coefficient (Wildman–Crippen LogP) is 4.43. The van der Waals surface area contributed by atoms with Crippen LogP contribution >= 0.6 is 15.9 Å². The first-order chi connectivity index (χ1) is 10.2. The highest BCUT2D eigenvalue weighted by molar-refractivity contribution is 9.10. The van der Waals surface area contributed by atoms with Gasteiger partial charge in [0.1, 0.15) is 5.82 Å². The van der Waals surface area contributed by atoms with E-state index in [-0.39, 0.29) is 5.82 Å². The molecule has 0 aliphatic heterocycles. The van der Waals surface area contributed by atoms with Crippen LogP contribution in [-0.2, 0) is 13.1 Å². The predicted molar refractivity (Wildman–Crippen MR) is 86.4 cm³/mol. The van der Waals surface area contributed by atoms with Crippen LogP contribution in [0.5, 0.6) is 0 Å². The molecule has 4 heteroatoms. The average molecular weight is 345 g/mol. The molecule has 21 heavy (non-hydrogen) atoms. The molecule has 0 spiro atoms. The number of nitrogens with zero attached hydrogens (tertiary/aromatic N) is 1. The summed E-state index contributed by atoms with van der Waals surface area (Å²) in [4.78, 5) is 4.10. The first-order valence-corrected chi connectivity index (χ1v) is 7.49. The molecule has 0 aliphatic rings. The van der Waals surface area contributed by atoms with Gasteiger partial charge in [-0.1, -0.05) is 28.1 Å². The van der Waals surface area contributed by atoms with Crippen LogP contribution in [0.1, 0.15) is 11.1 Å². The third-order valence-corrected chi connectivity index (χ3v) is 3.85. The highest BCUT2D eigenvalue weighted by Gasteiger charge is 2.03. The minimum atomic E-state index is -0.185. The second-order valence-corrected chi connectivity index (χ2v) is 5.81. The fraction of sp³-hybridized carbons (Fsp3) is 0.118. The summed E-state index contributed by atoms with van der Waals surface area (Å²) in [6.45, 7) is 1.20. The largest absolute Gasteiger partial charge is 0.309 e. The molecule has 2 aromatic carbocycles. The Hall–Kier alpha value is -1.78. The van der Waals surface area contributed by atoms with Gasteiger partial charge in [0.15, 0.2) is 0 Å². The Kier molecular flexibility index (Phi) is 4.27. The summed E-state index contributed by atoms with van der Waals surface area (Å²) in [5.41, 5.74) is 1.83. The highest BCUT2D eigenvalue weighted by Crippen LogP contribution is 2.16. The van der Waals surface area contributed by atoms with Crippen LogP contribution in [0, 0.1) is 5.82 Å². The second kappa shape index (κ2) is 6.33. The Morgan fingerprint density at radius 2 is 1.90 bits per heavy atom. The van der Waals surface area contributed by atoms with Gasteiger partial charge in [0.2, 0.25) is 0 Å². The van der Waals surface area contributed by atoms with Gasteiger partial charge in [0.25, 0.3) is 0 Å². The number of pyridine rings is 1. The van der Waals surface area contributed by atoms with E-state index in [1.165, 1.54) is 11.6 Å². The number of nitrogens with one attached hydrogen (secondary N) is 1. The van der Waals surface area contributed by atoms with E-state index in [4.69, 9.17) is 0 Å². The molecule has 1 aromatic heterocycles. The molecule has 0 atom stereocenters. The first kappa shape index (κ1) is 14.2. The maximum Gasteiger partial charge on any atom is 0.127 e. The van der Waals surface area contributed by atoms with Crippen LogP contribution in [0.2, 0.25) is 0 Å². The smallest absolute Gasteiger partial charge is 0.127 e. The fourth-order valence-electron chi connectivity index (χ4n) is 2.26. The van der Waals surface area contributed by atoms with Crippen molar-refractivity contribution in [1.29, 1.82) is 0 Å². The van der Waals surface area contributed by atoms with E-state index < -0.39 is 0 Å². The lowest BCUT2D eigenvalue weighted by Gasteiger charge is -2.08. The minimum absolute atomic E-state index is 0.185. The minimum Gasteiger partial charge on any atom is -0.309 e. The number of hydrogen-bond acceptors (Lipinski definition) is 2. The van der Waals surface area contributed by atoms with Crippen molar-refractivity contribution in [3.8, 4) is 0 Å². The summed E-state index contributed by atoms with van der Waals surface area (Å²) < 4.78 is 14.5. The molecular formula is C17H14BrFN2. The molecule has 0 amide bonds. The third-order valence-electron chi connectivity index (χ3n) is 3.36. The van der Waals surface area contributed by atoms with Crippen molar-refractivity contribution >= 4 is 26.7 Å². The van der Waals surface area contributed by atoms with Crippen molar-refractivity contribution in [2.45, 2.75) is 13.1 Å². The molecule has 2 nitrogen and oxygen atoms in total. The maximum atomic E-state index is 13.6. The summed E-state index contributed by atoms with van der Waals surface area (Å²) in [6, 6.07) is 13.2. The second-order valence-electron chi connectivity index (χ2n) is 4.90. The topological polar surface area (TPSA) is 24.9 Å². The quantitative estimate of drug-likeness (QED) is 0.757. The van der Waals surface area contributed by atoms with Crippen molar-refractivity contribution in [3.05, 3.63) is 76.3 Å². The molecule has 1 N–H and O–H groups in total. The molecule has 106 valence electrons. The zero-order valence-electron chi connectivity index (χ0n) is 11.3. The number of hydrogen-bond donors (Lipinski definition) is 1. The van der Waals surface area contributed by atoms with Crippen LogP contribution in [0.4, 0.5) is 4.39 Å². The Bertz CT molecular complexity index is 774. The fourth-order valence-corrected chi connectivity index (χ4v) is 2.67. The SMILES string of the molecule is Fc1ccc(Br)cc1CNCc1ccc2cnccc2c1. The van der Waals surface area contributed by atoms with Gasteiger partial charge in [0, 0.05) is 40.9 Å². The van der Waals surface area contributed by atoms with E-state index in [9.17, 15) is 4.39 Å². The molecule has 0 bridgehead atoms. The lowest BCUT2D eigenvalue weighted by Crippen LogP contribution is -2.13. The molecule has 0 unspecified atom stereocenters. The molecule has 0 fully saturated rings. The monoisotopic (exact) mass is 344 g/mol. The highest BCUT2D eigenvalue weighted by atomic mass is 79.9. The summed E-state index contributed by atoms with van der Waals surface area (Å²) >= 11 is 3.36. The van der Waals surface area contributed by atoms with Crippen LogP contribution in [-0.4, -0.2) is 4.98 Å². The molecule has 0 aliphatic carbocycles. The normalized spacial score (nSPS) is 11.0. The Labute approximate surface area is 131 Å². The van der Waals surface area contributed by atoms with Crippen molar-refractivity contribution in [3.63, 3.8) is 0 Å². The molecular weight excluding hydrogens is 331 g/mol. The van der Waals surface area contributed by atoms with Gasteiger partial charge < -0.3 is 5.32 Å². The third kappa shape index (κ3) is 3.46. The van der Waals surface area contributed by atoms with Gasteiger partial charge >= 0.3 is 0 Å². The average Bonchev–Trinajstić information content (AvgIpc) is 2.50. The van der Waals surface area contributed by atoms with Gasteiger partial charge in [0.05, 0.1) is 0 Å². The standard InChI is InChI=1S/C17H14BrFN2/c18-16-3-4-17(19)15(8-16)11-21-9-12-1-2-14-10-20-6-5-13(14)7-12/h1-8,10,21H,9,11H2. The Morgan fingerprint density at radius 1 is 1.00 bits per heavy atom. The van der Waals surface area contributed by atoms with Crippen molar-refractivity contribution < 1.29 is 4.39 Å². The van der Waals surface area contributed by atoms with Gasteiger partial charge in [-0.05, 0) is 41.3 Å². The Balaban J connectivity index is 1.67. The van der Waals surface area contributed by atoms with E-state index in [1.807, 2.05) is 12.3 Å². The number of rotatable bonds is 4. The van der Waals surface area contributed by atoms with Crippen LogP contribution in [0.15, 0.2) is 59.3 Å². The molecule has 3 rings (SSSR count). The lowest BCUT2D eigenvalue weighted by molar-refractivity contribution is 0.587.